The summed E-state index contributed by atoms with van der Waals surface area (Å²) < 4.78 is 26.5. The lowest BCUT2D eigenvalue weighted by atomic mass is 10.0. The molecule has 1 nitrogen and oxygen atoms in total. The van der Waals surface area contributed by atoms with Crippen molar-refractivity contribution >= 4 is 33.3 Å². The summed E-state index contributed by atoms with van der Waals surface area (Å²) in [5.41, 5.74) is 0.431. The molecule has 0 amide bonds. The molecule has 0 bridgehead atoms. The van der Waals surface area contributed by atoms with Gasteiger partial charge in [0.25, 0.3) is 0 Å². The van der Waals surface area contributed by atoms with Crippen LogP contribution in [0.15, 0.2) is 40.9 Å². The Balaban J connectivity index is 2.41. The molecule has 0 saturated heterocycles. The van der Waals surface area contributed by atoms with Crippen LogP contribution in [-0.4, -0.2) is 5.78 Å². The number of rotatable bonds is 2. The third kappa shape index (κ3) is 2.60. The minimum Gasteiger partial charge on any atom is -0.289 e. The van der Waals surface area contributed by atoms with Crippen LogP contribution in [0.5, 0.6) is 0 Å². The van der Waals surface area contributed by atoms with Gasteiger partial charge in [-0.1, -0.05) is 11.6 Å². The fraction of sp³-hybridized carbons (Fsp3) is 0. The van der Waals surface area contributed by atoms with Crippen molar-refractivity contribution in [2.24, 2.45) is 0 Å². The number of carbonyl (C=O) groups excluding carboxylic acids is 1. The average Bonchev–Trinajstić information content (AvgIpc) is 2.35. The molecule has 0 aliphatic heterocycles. The first-order valence-electron chi connectivity index (χ1n) is 4.94. The van der Waals surface area contributed by atoms with E-state index in [0.29, 0.717) is 0 Å². The van der Waals surface area contributed by atoms with Crippen molar-refractivity contribution in [1.82, 2.24) is 0 Å². The number of carbonyl (C=O) groups is 1. The summed E-state index contributed by atoms with van der Waals surface area (Å²) in [6, 6.07) is 7.65. The first kappa shape index (κ1) is 13.2. The molecule has 2 aromatic rings. The molecule has 0 aliphatic carbocycles. The Labute approximate surface area is 116 Å². The molecule has 5 heteroatoms. The normalized spacial score (nSPS) is 10.4. The second-order valence-corrected chi connectivity index (χ2v) is 4.85. The Kier molecular flexibility index (Phi) is 3.78. The summed E-state index contributed by atoms with van der Waals surface area (Å²) in [6.07, 6.45) is 0. The second-order valence-electron chi connectivity index (χ2n) is 3.59. The zero-order valence-electron chi connectivity index (χ0n) is 8.88. The van der Waals surface area contributed by atoms with Crippen molar-refractivity contribution in [3.63, 3.8) is 0 Å². The highest BCUT2D eigenvalue weighted by Crippen LogP contribution is 2.21. The predicted molar refractivity (Wildman–Crippen MR) is 68.9 cm³/mol. The van der Waals surface area contributed by atoms with E-state index in [2.05, 4.69) is 15.9 Å². The molecule has 0 spiro atoms. The van der Waals surface area contributed by atoms with Crippen LogP contribution in [-0.2, 0) is 0 Å². The maximum atomic E-state index is 13.2. The zero-order valence-corrected chi connectivity index (χ0v) is 11.2. The van der Waals surface area contributed by atoms with Gasteiger partial charge in [0.05, 0.1) is 9.50 Å². The van der Waals surface area contributed by atoms with Crippen LogP contribution < -0.4 is 0 Å². The minimum absolute atomic E-state index is 0.0492. The number of benzene rings is 2. The van der Waals surface area contributed by atoms with Gasteiger partial charge in [-0.25, -0.2) is 8.78 Å². The smallest absolute Gasteiger partial charge is 0.193 e. The molecular formula is C13H6BrClF2O. The summed E-state index contributed by atoms with van der Waals surface area (Å²) in [4.78, 5) is 12.0. The maximum absolute atomic E-state index is 13.2. The highest BCUT2D eigenvalue weighted by molar-refractivity contribution is 9.10. The number of halogens is 4. The van der Waals surface area contributed by atoms with Crippen molar-refractivity contribution in [2.75, 3.05) is 0 Å². The van der Waals surface area contributed by atoms with E-state index in [9.17, 15) is 13.6 Å². The molecule has 0 fully saturated rings. The van der Waals surface area contributed by atoms with Crippen LogP contribution in [0.3, 0.4) is 0 Å². The molecule has 18 heavy (non-hydrogen) atoms. The van der Waals surface area contributed by atoms with Crippen molar-refractivity contribution in [1.29, 1.82) is 0 Å². The summed E-state index contributed by atoms with van der Waals surface area (Å²) in [5.74, 6) is -1.52. The lowest BCUT2D eigenvalue weighted by molar-refractivity contribution is 0.103. The van der Waals surface area contributed by atoms with E-state index in [4.69, 9.17) is 11.6 Å². The molecular weight excluding hydrogens is 325 g/mol. The van der Waals surface area contributed by atoms with Crippen LogP contribution in [0, 0.1) is 11.6 Å². The molecule has 0 N–H and O–H groups in total. The van der Waals surface area contributed by atoms with Gasteiger partial charge in [-0.15, -0.1) is 0 Å². The third-order valence-electron chi connectivity index (χ3n) is 2.36. The van der Waals surface area contributed by atoms with Gasteiger partial charge < -0.3 is 0 Å². The SMILES string of the molecule is O=C(c1ccc(Cl)c(F)c1)c1ccc(F)c(Br)c1. The fourth-order valence-electron chi connectivity index (χ4n) is 1.44. The minimum atomic E-state index is -0.663. The van der Waals surface area contributed by atoms with E-state index in [1.54, 1.807) is 0 Å². The van der Waals surface area contributed by atoms with Crippen LogP contribution in [0.4, 0.5) is 8.78 Å². The lowest BCUT2D eigenvalue weighted by Crippen LogP contribution is -2.02. The van der Waals surface area contributed by atoms with E-state index >= 15 is 0 Å². The van der Waals surface area contributed by atoms with Crippen LogP contribution >= 0.6 is 27.5 Å². The molecule has 0 aromatic heterocycles. The third-order valence-corrected chi connectivity index (χ3v) is 3.28. The van der Waals surface area contributed by atoms with Gasteiger partial charge in [0.2, 0.25) is 0 Å². The maximum Gasteiger partial charge on any atom is 0.193 e. The van der Waals surface area contributed by atoms with E-state index in [1.165, 1.54) is 30.3 Å². The van der Waals surface area contributed by atoms with E-state index < -0.39 is 17.4 Å². The summed E-state index contributed by atoms with van der Waals surface area (Å²) >= 11 is 8.52. The van der Waals surface area contributed by atoms with Gasteiger partial charge in [-0.05, 0) is 52.3 Å². The fourth-order valence-corrected chi connectivity index (χ4v) is 1.94. The van der Waals surface area contributed by atoms with Gasteiger partial charge in [-0.3, -0.25) is 4.79 Å². The van der Waals surface area contributed by atoms with Crippen LogP contribution in [0.25, 0.3) is 0 Å². The molecule has 0 aliphatic rings. The van der Waals surface area contributed by atoms with Crippen molar-refractivity contribution in [3.05, 3.63) is 68.7 Å². The first-order valence-corrected chi connectivity index (χ1v) is 6.11. The predicted octanol–water partition coefficient (Wildman–Crippen LogP) is 4.61. The van der Waals surface area contributed by atoms with E-state index in [-0.39, 0.29) is 20.6 Å². The second kappa shape index (κ2) is 5.16. The Morgan fingerprint density at radius 1 is 1.00 bits per heavy atom. The molecule has 2 rings (SSSR count). The van der Waals surface area contributed by atoms with Gasteiger partial charge in [0.15, 0.2) is 5.78 Å². The van der Waals surface area contributed by atoms with Gasteiger partial charge in [-0.2, -0.15) is 0 Å². The quantitative estimate of drug-likeness (QED) is 0.734. The Morgan fingerprint density at radius 3 is 2.22 bits per heavy atom. The molecule has 0 saturated carbocycles. The first-order chi connectivity index (χ1) is 8.49. The van der Waals surface area contributed by atoms with Crippen molar-refractivity contribution < 1.29 is 13.6 Å². The van der Waals surface area contributed by atoms with Crippen LogP contribution in [0.2, 0.25) is 5.02 Å². The molecule has 92 valence electrons. The molecule has 0 unspecified atom stereocenters. The standard InChI is InChI=1S/C13H6BrClF2O/c14-9-5-7(2-4-11(9)16)13(18)8-1-3-10(15)12(17)6-8/h1-6H. The number of ketones is 1. The molecule has 0 atom stereocenters. The van der Waals surface area contributed by atoms with Crippen molar-refractivity contribution in [2.45, 2.75) is 0 Å². The molecule has 2 aromatic carbocycles. The topological polar surface area (TPSA) is 17.1 Å². The average molecular weight is 332 g/mol. The Hall–Kier alpha value is -1.26. The van der Waals surface area contributed by atoms with E-state index in [1.807, 2.05) is 0 Å². The Morgan fingerprint density at radius 2 is 1.61 bits per heavy atom. The van der Waals surface area contributed by atoms with E-state index in [0.717, 1.165) is 6.07 Å². The summed E-state index contributed by atoms with van der Waals surface area (Å²) in [7, 11) is 0. The number of hydrogen-bond donors (Lipinski definition) is 0. The zero-order chi connectivity index (χ0) is 13.3. The molecule has 0 radical (unpaired) electrons. The number of hydrogen-bond acceptors (Lipinski definition) is 1. The largest absolute Gasteiger partial charge is 0.289 e. The highest BCUT2D eigenvalue weighted by atomic mass is 79.9. The molecule has 0 heterocycles. The van der Waals surface area contributed by atoms with Gasteiger partial charge >= 0.3 is 0 Å². The van der Waals surface area contributed by atoms with Gasteiger partial charge in [0, 0.05) is 11.1 Å². The van der Waals surface area contributed by atoms with Crippen molar-refractivity contribution in [3.8, 4) is 0 Å². The monoisotopic (exact) mass is 330 g/mol. The summed E-state index contributed by atoms with van der Waals surface area (Å²) in [5, 5.41) is -0.0492. The highest BCUT2D eigenvalue weighted by Gasteiger charge is 2.12. The van der Waals surface area contributed by atoms with Crippen LogP contribution in [0.1, 0.15) is 15.9 Å². The van der Waals surface area contributed by atoms with Gasteiger partial charge in [0.1, 0.15) is 11.6 Å². The Bertz CT molecular complexity index is 575. The summed E-state index contributed by atoms with van der Waals surface area (Å²) in [6.45, 7) is 0. The lowest BCUT2D eigenvalue weighted by Gasteiger charge is -2.03.